The van der Waals surface area contributed by atoms with Gasteiger partial charge in [-0.05, 0) is 46.3 Å². The molecule has 6 heteroatoms. The Hall–Kier alpha value is -1.92. The van der Waals surface area contributed by atoms with E-state index in [2.05, 4.69) is 15.9 Å². The van der Waals surface area contributed by atoms with Gasteiger partial charge in [0.2, 0.25) is 0 Å². The number of amides is 1. The molecule has 0 radical (unpaired) electrons. The summed E-state index contributed by atoms with van der Waals surface area (Å²) in [7, 11) is -3.26. The summed E-state index contributed by atoms with van der Waals surface area (Å²) < 4.78 is 24.2. The third-order valence-corrected chi connectivity index (χ3v) is 5.67. The van der Waals surface area contributed by atoms with Gasteiger partial charge in [-0.2, -0.15) is 0 Å². The standard InChI is InChI=1S/C17H14BrNO3S/c18-16-9-5-4-8-15(16)17(20)19(13-6-2-1-3-7-13)14-10-11-23(21,22)12-14/h1-11,14H,12H2/t14-/m1/s1. The van der Waals surface area contributed by atoms with Gasteiger partial charge in [0, 0.05) is 15.6 Å². The van der Waals surface area contributed by atoms with E-state index in [0.29, 0.717) is 15.7 Å². The van der Waals surface area contributed by atoms with Gasteiger partial charge in [-0.3, -0.25) is 4.79 Å². The highest BCUT2D eigenvalue weighted by Gasteiger charge is 2.32. The fraction of sp³-hybridized carbons (Fsp3) is 0.118. The summed E-state index contributed by atoms with van der Waals surface area (Å²) in [5, 5.41) is 1.18. The van der Waals surface area contributed by atoms with Crippen LogP contribution in [-0.4, -0.2) is 26.1 Å². The number of hydrogen-bond acceptors (Lipinski definition) is 3. The van der Waals surface area contributed by atoms with Crippen LogP contribution in [0.1, 0.15) is 10.4 Å². The number of carbonyl (C=O) groups is 1. The molecular formula is C17H14BrNO3S. The minimum absolute atomic E-state index is 0.0991. The molecule has 2 aromatic rings. The molecule has 118 valence electrons. The Morgan fingerprint density at radius 2 is 1.70 bits per heavy atom. The molecular weight excluding hydrogens is 378 g/mol. The van der Waals surface area contributed by atoms with Crippen molar-refractivity contribution in [1.82, 2.24) is 0 Å². The van der Waals surface area contributed by atoms with Crippen LogP contribution in [0.2, 0.25) is 0 Å². The van der Waals surface area contributed by atoms with Gasteiger partial charge in [0.25, 0.3) is 5.91 Å². The summed E-state index contributed by atoms with van der Waals surface area (Å²) in [6.45, 7) is 0. The average Bonchev–Trinajstić information content (AvgIpc) is 2.88. The maximum absolute atomic E-state index is 13.0. The second-order valence-electron chi connectivity index (χ2n) is 5.22. The lowest BCUT2D eigenvalue weighted by molar-refractivity contribution is 0.0982. The van der Waals surface area contributed by atoms with E-state index in [1.54, 1.807) is 36.4 Å². The van der Waals surface area contributed by atoms with Crippen molar-refractivity contribution in [2.45, 2.75) is 6.04 Å². The molecule has 0 fully saturated rings. The van der Waals surface area contributed by atoms with Crippen LogP contribution in [0.4, 0.5) is 5.69 Å². The molecule has 0 N–H and O–H groups in total. The van der Waals surface area contributed by atoms with Crippen molar-refractivity contribution in [1.29, 1.82) is 0 Å². The van der Waals surface area contributed by atoms with Crippen molar-refractivity contribution in [3.8, 4) is 0 Å². The second kappa shape index (κ2) is 6.29. The highest BCUT2D eigenvalue weighted by Crippen LogP contribution is 2.27. The zero-order valence-electron chi connectivity index (χ0n) is 12.1. The Morgan fingerprint density at radius 3 is 2.30 bits per heavy atom. The lowest BCUT2D eigenvalue weighted by Crippen LogP contribution is -2.41. The first-order valence-corrected chi connectivity index (χ1v) is 9.53. The molecule has 4 nitrogen and oxygen atoms in total. The third-order valence-electron chi connectivity index (χ3n) is 3.60. The fourth-order valence-electron chi connectivity index (χ4n) is 2.53. The van der Waals surface area contributed by atoms with Gasteiger partial charge >= 0.3 is 0 Å². The first-order valence-electron chi connectivity index (χ1n) is 7.02. The maximum atomic E-state index is 13.0. The molecule has 0 aromatic heterocycles. The highest BCUT2D eigenvalue weighted by molar-refractivity contribution is 9.10. The predicted molar refractivity (Wildman–Crippen MR) is 94.1 cm³/mol. The van der Waals surface area contributed by atoms with Gasteiger partial charge in [-0.25, -0.2) is 8.42 Å². The van der Waals surface area contributed by atoms with Crippen LogP contribution < -0.4 is 4.90 Å². The summed E-state index contributed by atoms with van der Waals surface area (Å²) in [5.74, 6) is -0.339. The monoisotopic (exact) mass is 391 g/mol. The SMILES string of the molecule is O=C(c1ccccc1Br)N(c1ccccc1)[C@@H]1C=CS(=O)(=O)C1. The fourth-order valence-corrected chi connectivity index (χ4v) is 4.25. The Morgan fingerprint density at radius 1 is 1.04 bits per heavy atom. The van der Waals surface area contributed by atoms with E-state index in [-0.39, 0.29) is 11.7 Å². The molecule has 0 bridgehead atoms. The summed E-state index contributed by atoms with van der Waals surface area (Å²) in [6.07, 6.45) is 1.57. The highest BCUT2D eigenvalue weighted by atomic mass is 79.9. The van der Waals surface area contributed by atoms with Crippen molar-refractivity contribution in [3.05, 3.63) is 76.1 Å². The molecule has 1 amide bonds. The lowest BCUT2D eigenvalue weighted by Gasteiger charge is -2.28. The van der Waals surface area contributed by atoms with E-state index in [1.165, 1.54) is 10.3 Å². The van der Waals surface area contributed by atoms with Gasteiger partial charge in [-0.1, -0.05) is 30.3 Å². The van der Waals surface area contributed by atoms with Gasteiger partial charge in [0.05, 0.1) is 17.4 Å². The first kappa shape index (κ1) is 16.0. The number of carbonyl (C=O) groups excluding carboxylic acids is 1. The first-order chi connectivity index (χ1) is 11.0. The van der Waals surface area contributed by atoms with Crippen molar-refractivity contribution >= 4 is 37.4 Å². The largest absolute Gasteiger partial charge is 0.300 e. The van der Waals surface area contributed by atoms with Crippen LogP contribution >= 0.6 is 15.9 Å². The molecule has 0 spiro atoms. The number of benzene rings is 2. The summed E-state index contributed by atoms with van der Waals surface area (Å²) in [4.78, 5) is 14.6. The van der Waals surface area contributed by atoms with Crippen LogP contribution in [0.3, 0.4) is 0 Å². The molecule has 2 aromatic carbocycles. The average molecular weight is 392 g/mol. The number of anilines is 1. The molecule has 1 aliphatic heterocycles. The summed E-state index contributed by atoms with van der Waals surface area (Å²) in [6, 6.07) is 15.7. The zero-order chi connectivity index (χ0) is 16.4. The molecule has 3 rings (SSSR count). The Balaban J connectivity index is 2.05. The van der Waals surface area contributed by atoms with Crippen molar-refractivity contribution in [2.75, 3.05) is 10.7 Å². The van der Waals surface area contributed by atoms with Gasteiger partial charge < -0.3 is 4.90 Å². The lowest BCUT2D eigenvalue weighted by atomic mass is 10.1. The topological polar surface area (TPSA) is 54.5 Å². The minimum atomic E-state index is -3.26. The quantitative estimate of drug-likeness (QED) is 0.805. The van der Waals surface area contributed by atoms with E-state index in [9.17, 15) is 13.2 Å². The summed E-state index contributed by atoms with van der Waals surface area (Å²) in [5.41, 5.74) is 1.16. The van der Waals surface area contributed by atoms with Crippen LogP contribution in [-0.2, 0) is 9.84 Å². The summed E-state index contributed by atoms with van der Waals surface area (Å²) >= 11 is 3.38. The number of halogens is 1. The molecule has 0 unspecified atom stereocenters. The number of para-hydroxylation sites is 1. The van der Waals surface area contributed by atoms with Crippen LogP contribution in [0.5, 0.6) is 0 Å². The predicted octanol–water partition coefficient (Wildman–Crippen LogP) is 3.41. The number of sulfone groups is 1. The van der Waals surface area contributed by atoms with Crippen molar-refractivity contribution in [3.63, 3.8) is 0 Å². The Bertz CT molecular complexity index is 862. The number of hydrogen-bond donors (Lipinski definition) is 0. The van der Waals surface area contributed by atoms with Gasteiger partial charge in [-0.15, -0.1) is 0 Å². The minimum Gasteiger partial charge on any atom is -0.300 e. The molecule has 0 aliphatic carbocycles. The van der Waals surface area contributed by atoms with Crippen molar-refractivity contribution in [2.24, 2.45) is 0 Å². The zero-order valence-corrected chi connectivity index (χ0v) is 14.5. The Labute approximate surface area is 143 Å². The van der Waals surface area contributed by atoms with E-state index >= 15 is 0 Å². The second-order valence-corrected chi connectivity index (χ2v) is 8.00. The van der Waals surface area contributed by atoms with E-state index in [0.717, 1.165) is 0 Å². The maximum Gasteiger partial charge on any atom is 0.260 e. The van der Waals surface area contributed by atoms with Crippen LogP contribution in [0.25, 0.3) is 0 Å². The molecule has 0 saturated carbocycles. The van der Waals surface area contributed by atoms with Crippen LogP contribution in [0.15, 0.2) is 70.6 Å². The molecule has 1 atom stereocenters. The smallest absolute Gasteiger partial charge is 0.260 e. The van der Waals surface area contributed by atoms with Crippen LogP contribution in [0, 0.1) is 0 Å². The van der Waals surface area contributed by atoms with E-state index in [1.807, 2.05) is 24.3 Å². The molecule has 23 heavy (non-hydrogen) atoms. The van der Waals surface area contributed by atoms with Gasteiger partial charge in [0.1, 0.15) is 0 Å². The molecule has 1 aliphatic rings. The normalized spacial score (nSPS) is 18.7. The molecule has 1 heterocycles. The third kappa shape index (κ3) is 3.38. The van der Waals surface area contributed by atoms with E-state index in [4.69, 9.17) is 0 Å². The van der Waals surface area contributed by atoms with Gasteiger partial charge in [0.15, 0.2) is 9.84 Å². The number of nitrogens with zero attached hydrogens (tertiary/aromatic N) is 1. The number of rotatable bonds is 3. The molecule has 0 saturated heterocycles. The van der Waals surface area contributed by atoms with Crippen molar-refractivity contribution < 1.29 is 13.2 Å². The van der Waals surface area contributed by atoms with E-state index < -0.39 is 15.9 Å². The Kier molecular flexibility index (Phi) is 4.37.